The molecule has 1 rings (SSSR count). The Hall–Kier alpha value is -0.650. The average Bonchev–Trinajstić information content (AvgIpc) is 2.40. The first kappa shape index (κ1) is 14.4. The van der Waals surface area contributed by atoms with Gasteiger partial charge in [-0.25, -0.2) is 0 Å². The summed E-state index contributed by atoms with van der Waals surface area (Å²) in [7, 11) is 0. The molecular formula is C12H25N3O2. The van der Waals surface area contributed by atoms with Crippen LogP contribution in [0.25, 0.3) is 0 Å². The number of carbonyl (C=O) groups is 1. The van der Waals surface area contributed by atoms with E-state index in [2.05, 4.69) is 24.1 Å². The van der Waals surface area contributed by atoms with Crippen LogP contribution in [0.15, 0.2) is 0 Å². The van der Waals surface area contributed by atoms with Gasteiger partial charge in [0, 0.05) is 26.2 Å². The highest BCUT2D eigenvalue weighted by molar-refractivity contribution is 5.78. The molecule has 0 saturated carbocycles. The molecule has 0 bridgehead atoms. The molecule has 0 radical (unpaired) electrons. The lowest BCUT2D eigenvalue weighted by Gasteiger charge is -2.27. The van der Waals surface area contributed by atoms with Crippen molar-refractivity contribution in [1.29, 1.82) is 0 Å². The van der Waals surface area contributed by atoms with Gasteiger partial charge >= 0.3 is 0 Å². The monoisotopic (exact) mass is 243 g/mol. The number of carbonyl (C=O) groups excluding carboxylic acids is 1. The first-order valence-corrected chi connectivity index (χ1v) is 6.56. The molecule has 0 spiro atoms. The van der Waals surface area contributed by atoms with Crippen LogP contribution < -0.4 is 5.32 Å². The lowest BCUT2D eigenvalue weighted by molar-refractivity contribution is -0.134. The fourth-order valence-corrected chi connectivity index (χ4v) is 1.90. The molecule has 1 aliphatic heterocycles. The average molecular weight is 243 g/mol. The Morgan fingerprint density at radius 3 is 2.53 bits per heavy atom. The summed E-state index contributed by atoms with van der Waals surface area (Å²) < 4.78 is 5.22. The van der Waals surface area contributed by atoms with Crippen LogP contribution in [0.5, 0.6) is 0 Å². The summed E-state index contributed by atoms with van der Waals surface area (Å²) >= 11 is 0. The normalized spacial score (nSPS) is 16.5. The molecule has 1 saturated heterocycles. The molecule has 1 amide bonds. The summed E-state index contributed by atoms with van der Waals surface area (Å²) in [5, 5.41) is 3.21. The van der Waals surface area contributed by atoms with E-state index in [9.17, 15) is 4.79 Å². The van der Waals surface area contributed by atoms with Gasteiger partial charge in [0.25, 0.3) is 0 Å². The second kappa shape index (κ2) is 8.44. The molecule has 0 aromatic carbocycles. The zero-order valence-corrected chi connectivity index (χ0v) is 11.1. The number of nitrogens with one attached hydrogen (secondary N) is 1. The highest BCUT2D eigenvalue weighted by Gasteiger charge is 2.15. The van der Waals surface area contributed by atoms with Crippen molar-refractivity contribution < 1.29 is 9.53 Å². The van der Waals surface area contributed by atoms with Gasteiger partial charge in [0.1, 0.15) is 0 Å². The Morgan fingerprint density at radius 2 is 1.94 bits per heavy atom. The molecule has 1 fully saturated rings. The Kier molecular flexibility index (Phi) is 7.16. The fourth-order valence-electron chi connectivity index (χ4n) is 1.90. The molecule has 17 heavy (non-hydrogen) atoms. The van der Waals surface area contributed by atoms with Gasteiger partial charge in [0.15, 0.2) is 0 Å². The zero-order chi connectivity index (χ0) is 12.5. The molecule has 0 unspecified atom stereocenters. The van der Waals surface area contributed by atoms with Crippen molar-refractivity contribution in [2.45, 2.75) is 13.8 Å². The fraction of sp³-hybridized carbons (Fsp3) is 0.917. The predicted molar refractivity (Wildman–Crippen MR) is 68.1 cm³/mol. The van der Waals surface area contributed by atoms with Crippen LogP contribution in [-0.4, -0.2) is 74.7 Å². The maximum atomic E-state index is 11.8. The van der Waals surface area contributed by atoms with Crippen LogP contribution in [0.4, 0.5) is 0 Å². The minimum Gasteiger partial charge on any atom is -0.378 e. The smallest absolute Gasteiger partial charge is 0.236 e. The van der Waals surface area contributed by atoms with Gasteiger partial charge in [-0.3, -0.25) is 4.79 Å². The van der Waals surface area contributed by atoms with Crippen molar-refractivity contribution in [3.05, 3.63) is 0 Å². The summed E-state index contributed by atoms with van der Waals surface area (Å²) in [6.45, 7) is 11.6. The number of rotatable bonds is 7. The summed E-state index contributed by atoms with van der Waals surface area (Å²) in [4.78, 5) is 16.0. The number of hydrogen-bond donors (Lipinski definition) is 1. The maximum Gasteiger partial charge on any atom is 0.236 e. The van der Waals surface area contributed by atoms with E-state index < -0.39 is 0 Å². The quantitative estimate of drug-likeness (QED) is 0.628. The summed E-state index contributed by atoms with van der Waals surface area (Å²) in [6, 6.07) is 0. The Morgan fingerprint density at radius 1 is 1.29 bits per heavy atom. The highest BCUT2D eigenvalue weighted by atomic mass is 16.5. The summed E-state index contributed by atoms with van der Waals surface area (Å²) in [6.07, 6.45) is 0. The van der Waals surface area contributed by atoms with Gasteiger partial charge in [-0.2, -0.15) is 0 Å². The zero-order valence-electron chi connectivity index (χ0n) is 11.1. The molecule has 1 aliphatic rings. The topological polar surface area (TPSA) is 44.8 Å². The van der Waals surface area contributed by atoms with Crippen molar-refractivity contribution >= 4 is 5.91 Å². The highest BCUT2D eigenvalue weighted by Crippen LogP contribution is 1.96. The van der Waals surface area contributed by atoms with E-state index in [-0.39, 0.29) is 5.91 Å². The molecule has 5 heteroatoms. The van der Waals surface area contributed by atoms with E-state index in [4.69, 9.17) is 4.74 Å². The molecule has 0 aliphatic carbocycles. The number of ether oxygens (including phenoxy) is 1. The van der Waals surface area contributed by atoms with Gasteiger partial charge in [-0.15, -0.1) is 0 Å². The third kappa shape index (κ3) is 5.48. The molecular weight excluding hydrogens is 218 g/mol. The van der Waals surface area contributed by atoms with E-state index >= 15 is 0 Å². The van der Waals surface area contributed by atoms with Gasteiger partial charge in [-0.1, -0.05) is 13.8 Å². The standard InChI is InChI=1S/C12H25N3O2/c1-3-14(4-2)6-5-13-11-12(16)15-7-9-17-10-8-15/h13H,3-11H2,1-2H3. The predicted octanol–water partition coefficient (Wildman–Crippen LogP) is -0.223. The second-order valence-corrected chi connectivity index (χ2v) is 4.20. The summed E-state index contributed by atoms with van der Waals surface area (Å²) in [5.41, 5.74) is 0. The van der Waals surface area contributed by atoms with E-state index in [0.29, 0.717) is 19.8 Å². The Labute approximate surface area is 104 Å². The van der Waals surface area contributed by atoms with Crippen molar-refractivity contribution in [2.24, 2.45) is 0 Å². The third-order valence-electron chi connectivity index (χ3n) is 3.14. The second-order valence-electron chi connectivity index (χ2n) is 4.20. The van der Waals surface area contributed by atoms with Crippen LogP contribution in [-0.2, 0) is 9.53 Å². The molecule has 100 valence electrons. The minimum atomic E-state index is 0.188. The van der Waals surface area contributed by atoms with Crippen LogP contribution in [0.2, 0.25) is 0 Å². The largest absolute Gasteiger partial charge is 0.378 e. The maximum absolute atomic E-state index is 11.8. The van der Waals surface area contributed by atoms with Crippen molar-refractivity contribution in [3.8, 4) is 0 Å². The lowest BCUT2D eigenvalue weighted by atomic mass is 10.4. The Balaban J connectivity index is 2.07. The van der Waals surface area contributed by atoms with Gasteiger partial charge in [0.05, 0.1) is 19.8 Å². The van der Waals surface area contributed by atoms with Crippen molar-refractivity contribution in [2.75, 3.05) is 59.0 Å². The van der Waals surface area contributed by atoms with E-state index in [1.807, 2.05) is 4.90 Å². The first-order chi connectivity index (χ1) is 8.27. The molecule has 0 aromatic heterocycles. The molecule has 1 N–H and O–H groups in total. The van der Waals surface area contributed by atoms with E-state index in [1.165, 1.54) is 0 Å². The van der Waals surface area contributed by atoms with Crippen LogP contribution >= 0.6 is 0 Å². The van der Waals surface area contributed by atoms with Crippen LogP contribution in [0.3, 0.4) is 0 Å². The minimum absolute atomic E-state index is 0.188. The number of morpholine rings is 1. The number of nitrogens with zero attached hydrogens (tertiary/aromatic N) is 2. The van der Waals surface area contributed by atoms with E-state index in [0.717, 1.165) is 39.3 Å². The van der Waals surface area contributed by atoms with E-state index in [1.54, 1.807) is 0 Å². The van der Waals surface area contributed by atoms with Gasteiger partial charge in [-0.05, 0) is 13.1 Å². The lowest BCUT2D eigenvalue weighted by Crippen LogP contribution is -2.45. The molecule has 5 nitrogen and oxygen atoms in total. The SMILES string of the molecule is CCN(CC)CCNCC(=O)N1CCOCC1. The van der Waals surface area contributed by atoms with Crippen LogP contribution in [0, 0.1) is 0 Å². The van der Waals surface area contributed by atoms with Gasteiger partial charge in [0.2, 0.25) is 5.91 Å². The number of hydrogen-bond acceptors (Lipinski definition) is 4. The van der Waals surface area contributed by atoms with Gasteiger partial charge < -0.3 is 19.9 Å². The number of amides is 1. The molecule has 0 atom stereocenters. The Bertz CT molecular complexity index is 214. The van der Waals surface area contributed by atoms with Crippen molar-refractivity contribution in [3.63, 3.8) is 0 Å². The summed E-state index contributed by atoms with van der Waals surface area (Å²) in [5.74, 6) is 0.188. The third-order valence-corrected chi connectivity index (χ3v) is 3.14. The number of likely N-dealkylation sites (N-methyl/N-ethyl adjacent to an activating group) is 1. The van der Waals surface area contributed by atoms with Crippen molar-refractivity contribution in [1.82, 2.24) is 15.1 Å². The molecule has 1 heterocycles. The van der Waals surface area contributed by atoms with Crippen LogP contribution in [0.1, 0.15) is 13.8 Å². The first-order valence-electron chi connectivity index (χ1n) is 6.56. The molecule has 0 aromatic rings.